The van der Waals surface area contributed by atoms with Crippen molar-refractivity contribution in [3.63, 3.8) is 0 Å². The molecule has 0 amide bonds. The van der Waals surface area contributed by atoms with E-state index in [9.17, 15) is 10.1 Å². The van der Waals surface area contributed by atoms with Crippen molar-refractivity contribution in [3.05, 3.63) is 82.8 Å². The number of hydrogen-bond donors (Lipinski definition) is 1. The number of methoxy groups -OCH3 is 1. The fourth-order valence-corrected chi connectivity index (χ4v) is 3.20. The van der Waals surface area contributed by atoms with Crippen molar-refractivity contribution < 1.29 is 19.0 Å². The molecule has 0 bridgehead atoms. The zero-order valence-electron chi connectivity index (χ0n) is 15.6. The molecule has 0 unspecified atom stereocenters. The molecule has 0 radical (unpaired) electrons. The van der Waals surface area contributed by atoms with Crippen LogP contribution in [0.2, 0.25) is 0 Å². The molecule has 0 fully saturated rings. The van der Waals surface area contributed by atoms with Gasteiger partial charge >= 0.3 is 5.97 Å². The van der Waals surface area contributed by atoms with Gasteiger partial charge in [-0.2, -0.15) is 5.26 Å². The molecule has 2 aromatic carbocycles. The van der Waals surface area contributed by atoms with Crippen LogP contribution < -0.4 is 10.5 Å². The smallest absolute Gasteiger partial charge is 0.338 e. The van der Waals surface area contributed by atoms with Gasteiger partial charge < -0.3 is 19.9 Å². The zero-order valence-corrected chi connectivity index (χ0v) is 15.6. The predicted octanol–water partition coefficient (Wildman–Crippen LogP) is 3.48. The van der Waals surface area contributed by atoms with E-state index in [1.54, 1.807) is 31.2 Å². The lowest BCUT2D eigenvalue weighted by Gasteiger charge is -2.29. The highest BCUT2D eigenvalue weighted by atomic mass is 16.5. The highest BCUT2D eigenvalue weighted by molar-refractivity contribution is 6.00. The first kappa shape index (κ1) is 19.1. The van der Waals surface area contributed by atoms with E-state index in [2.05, 4.69) is 6.07 Å². The number of nitriles is 1. The molecule has 0 saturated carbocycles. The minimum absolute atomic E-state index is 0.0506. The Kier molecular flexibility index (Phi) is 5.66. The van der Waals surface area contributed by atoms with Crippen LogP contribution in [0.1, 0.15) is 24.0 Å². The van der Waals surface area contributed by atoms with E-state index in [0.29, 0.717) is 16.9 Å². The molecule has 0 saturated heterocycles. The molecular weight excluding hydrogens is 356 g/mol. The second kappa shape index (κ2) is 8.31. The Morgan fingerprint density at radius 1 is 1.18 bits per heavy atom. The zero-order chi connectivity index (χ0) is 20.1. The Morgan fingerprint density at radius 3 is 2.50 bits per heavy atom. The molecule has 3 rings (SSSR count). The third-order valence-corrected chi connectivity index (χ3v) is 4.40. The Hall–Kier alpha value is -3.72. The molecule has 0 aromatic heterocycles. The molecule has 0 aliphatic carbocycles. The summed E-state index contributed by atoms with van der Waals surface area (Å²) in [5, 5.41) is 9.76. The topological polar surface area (TPSA) is 94.6 Å². The maximum Gasteiger partial charge on any atom is 0.338 e. The first-order chi connectivity index (χ1) is 13.6. The van der Waals surface area contributed by atoms with Crippen molar-refractivity contribution >= 4 is 11.7 Å². The van der Waals surface area contributed by atoms with Crippen molar-refractivity contribution in [1.29, 1.82) is 5.26 Å². The number of nitrogens with zero attached hydrogens (tertiary/aromatic N) is 1. The molecule has 1 aliphatic heterocycles. The van der Waals surface area contributed by atoms with E-state index in [1.165, 1.54) is 7.11 Å². The minimum atomic E-state index is -0.774. The number of carbonyl (C=O) groups excluding carboxylic acids is 1. The molecule has 0 spiro atoms. The summed E-state index contributed by atoms with van der Waals surface area (Å²) in [5.74, 6) is -0.595. The number of nitrogens with two attached hydrogens (primary N) is 1. The first-order valence-electron chi connectivity index (χ1n) is 8.79. The van der Waals surface area contributed by atoms with Gasteiger partial charge in [0, 0.05) is 11.1 Å². The third-order valence-electron chi connectivity index (χ3n) is 4.40. The maximum absolute atomic E-state index is 13.0. The van der Waals surface area contributed by atoms with Gasteiger partial charge in [0.15, 0.2) is 0 Å². The summed E-state index contributed by atoms with van der Waals surface area (Å²) in [6.45, 7) is 1.90. The van der Waals surface area contributed by atoms with Gasteiger partial charge in [-0.25, -0.2) is 4.79 Å². The van der Waals surface area contributed by atoms with Crippen molar-refractivity contribution in [2.24, 2.45) is 5.73 Å². The van der Waals surface area contributed by atoms with E-state index in [1.807, 2.05) is 30.3 Å². The highest BCUT2D eigenvalue weighted by Gasteiger charge is 2.39. The number of allylic oxidation sites excluding steroid dienone is 1. The third kappa shape index (κ3) is 3.42. The number of ether oxygens (including phenoxy) is 3. The van der Waals surface area contributed by atoms with E-state index >= 15 is 0 Å². The van der Waals surface area contributed by atoms with Gasteiger partial charge in [0.1, 0.15) is 23.2 Å². The fraction of sp³-hybridized carbons (Fsp3) is 0.182. The molecule has 6 nitrogen and oxygen atoms in total. The molecule has 142 valence electrons. The number of carbonyl (C=O) groups is 1. The lowest BCUT2D eigenvalue weighted by atomic mass is 9.81. The van der Waals surface area contributed by atoms with Gasteiger partial charge in [0.2, 0.25) is 5.88 Å². The van der Waals surface area contributed by atoms with E-state index in [4.69, 9.17) is 19.9 Å². The van der Waals surface area contributed by atoms with Crippen LogP contribution in [0.5, 0.6) is 5.75 Å². The second-order valence-corrected chi connectivity index (χ2v) is 6.00. The van der Waals surface area contributed by atoms with Crippen LogP contribution in [0.3, 0.4) is 0 Å². The molecule has 2 aromatic rings. The lowest BCUT2D eigenvalue weighted by molar-refractivity contribution is -0.138. The summed E-state index contributed by atoms with van der Waals surface area (Å²) >= 11 is 0. The average Bonchev–Trinajstić information content (AvgIpc) is 2.73. The number of para-hydroxylation sites is 1. The summed E-state index contributed by atoms with van der Waals surface area (Å²) < 4.78 is 16.5. The standard InChI is InChI=1S/C22H20N2O4/c1-3-27-22(25)19-18(15-11-7-8-12-17(15)26-2)16(13-23)21(24)28-20(19)14-9-5-4-6-10-14/h4-12,18H,3,24H2,1-2H3/t18-/m0/s1. The van der Waals surface area contributed by atoms with Gasteiger partial charge in [-0.1, -0.05) is 48.5 Å². The van der Waals surface area contributed by atoms with E-state index in [0.717, 1.165) is 0 Å². The van der Waals surface area contributed by atoms with E-state index in [-0.39, 0.29) is 29.4 Å². The van der Waals surface area contributed by atoms with E-state index < -0.39 is 11.9 Å². The van der Waals surface area contributed by atoms with Crippen LogP contribution >= 0.6 is 0 Å². The molecular formula is C22H20N2O4. The summed E-state index contributed by atoms with van der Waals surface area (Å²) in [6.07, 6.45) is 0. The predicted molar refractivity (Wildman–Crippen MR) is 104 cm³/mol. The quantitative estimate of drug-likeness (QED) is 0.803. The molecule has 1 heterocycles. The van der Waals surface area contributed by atoms with Crippen molar-refractivity contribution in [3.8, 4) is 11.8 Å². The fourth-order valence-electron chi connectivity index (χ4n) is 3.20. The Labute approximate surface area is 163 Å². The van der Waals surface area contributed by atoms with Crippen LogP contribution in [0, 0.1) is 11.3 Å². The molecule has 1 aliphatic rings. The van der Waals surface area contributed by atoms with Crippen LogP contribution in [0.15, 0.2) is 71.6 Å². The number of rotatable bonds is 5. The lowest BCUT2D eigenvalue weighted by Crippen LogP contribution is -2.26. The summed E-state index contributed by atoms with van der Waals surface area (Å²) in [7, 11) is 1.53. The van der Waals surface area contributed by atoms with Crippen molar-refractivity contribution in [1.82, 2.24) is 0 Å². The normalized spacial score (nSPS) is 16.2. The average molecular weight is 376 g/mol. The molecule has 1 atom stereocenters. The summed E-state index contributed by atoms with van der Waals surface area (Å²) in [5.41, 5.74) is 7.71. The number of benzene rings is 2. The Bertz CT molecular complexity index is 987. The largest absolute Gasteiger partial charge is 0.496 e. The monoisotopic (exact) mass is 376 g/mol. The number of hydrogen-bond acceptors (Lipinski definition) is 6. The first-order valence-corrected chi connectivity index (χ1v) is 8.79. The molecule has 28 heavy (non-hydrogen) atoms. The van der Waals surface area contributed by atoms with Gasteiger partial charge in [0.05, 0.1) is 25.2 Å². The minimum Gasteiger partial charge on any atom is -0.496 e. The van der Waals surface area contributed by atoms with Crippen LogP contribution in [-0.4, -0.2) is 19.7 Å². The SMILES string of the molecule is CCOC(=O)C1=C(c2ccccc2)OC(N)=C(C#N)[C@@H]1c1ccccc1OC. The van der Waals surface area contributed by atoms with Gasteiger partial charge in [0.25, 0.3) is 0 Å². The van der Waals surface area contributed by atoms with Crippen LogP contribution in [0.25, 0.3) is 5.76 Å². The van der Waals surface area contributed by atoms with Crippen molar-refractivity contribution in [2.45, 2.75) is 12.8 Å². The van der Waals surface area contributed by atoms with Gasteiger partial charge in [-0.3, -0.25) is 0 Å². The highest BCUT2D eigenvalue weighted by Crippen LogP contribution is 2.45. The number of esters is 1. The second-order valence-electron chi connectivity index (χ2n) is 6.00. The van der Waals surface area contributed by atoms with Gasteiger partial charge in [-0.15, -0.1) is 0 Å². The maximum atomic E-state index is 13.0. The molecule has 6 heteroatoms. The summed E-state index contributed by atoms with van der Waals surface area (Å²) in [4.78, 5) is 13.0. The van der Waals surface area contributed by atoms with Gasteiger partial charge in [-0.05, 0) is 13.0 Å². The van der Waals surface area contributed by atoms with Crippen LogP contribution in [0.4, 0.5) is 0 Å². The Morgan fingerprint density at radius 2 is 1.86 bits per heavy atom. The van der Waals surface area contributed by atoms with Crippen LogP contribution in [-0.2, 0) is 14.3 Å². The Balaban J connectivity index is 2.32. The summed E-state index contributed by atoms with van der Waals surface area (Å²) in [6, 6.07) is 18.4. The molecule has 2 N–H and O–H groups in total. The van der Waals surface area contributed by atoms with Crippen molar-refractivity contribution in [2.75, 3.05) is 13.7 Å².